The first-order valence-electron chi connectivity index (χ1n) is 7.66. The lowest BCUT2D eigenvalue weighted by atomic mass is 10.1. The van der Waals surface area contributed by atoms with Crippen LogP contribution in [0.4, 0.5) is 0 Å². The Bertz CT molecular complexity index is 480. The molecule has 1 N–H and O–H groups in total. The van der Waals surface area contributed by atoms with E-state index in [-0.39, 0.29) is 0 Å². The van der Waals surface area contributed by atoms with Crippen LogP contribution in [0, 0.1) is 0 Å². The van der Waals surface area contributed by atoms with Gasteiger partial charge in [-0.15, -0.1) is 0 Å². The molecule has 1 fully saturated rings. The van der Waals surface area contributed by atoms with Gasteiger partial charge in [-0.3, -0.25) is 4.90 Å². The van der Waals surface area contributed by atoms with E-state index >= 15 is 0 Å². The highest BCUT2D eigenvalue weighted by Crippen LogP contribution is 2.10. The molecular weight excluding hydrogens is 260 g/mol. The summed E-state index contributed by atoms with van der Waals surface area (Å²) in [4.78, 5) is 2.48. The molecule has 0 spiro atoms. The van der Waals surface area contributed by atoms with Gasteiger partial charge < -0.3 is 5.32 Å². The summed E-state index contributed by atoms with van der Waals surface area (Å²) in [5.41, 5.74) is 2.45. The SMILES string of the molecule is c1ccc(CC2CN(Cc3cccnn3)CCCN2)cc1. The molecule has 1 atom stereocenters. The summed E-state index contributed by atoms with van der Waals surface area (Å²) in [6.07, 6.45) is 4.00. The molecule has 1 unspecified atom stereocenters. The minimum absolute atomic E-state index is 0.506. The molecule has 2 aromatic rings. The van der Waals surface area contributed by atoms with Crippen LogP contribution in [0.2, 0.25) is 0 Å². The highest BCUT2D eigenvalue weighted by Gasteiger charge is 2.18. The van der Waals surface area contributed by atoms with Crippen LogP contribution in [0.1, 0.15) is 17.7 Å². The molecule has 2 heterocycles. The number of rotatable bonds is 4. The van der Waals surface area contributed by atoms with E-state index < -0.39 is 0 Å². The molecule has 1 aromatic carbocycles. The fourth-order valence-corrected chi connectivity index (χ4v) is 2.90. The Kier molecular flexibility index (Phi) is 4.92. The Morgan fingerprint density at radius 2 is 2.05 bits per heavy atom. The van der Waals surface area contributed by atoms with E-state index in [9.17, 15) is 0 Å². The van der Waals surface area contributed by atoms with Crippen molar-refractivity contribution in [1.29, 1.82) is 0 Å². The number of hydrogen-bond donors (Lipinski definition) is 1. The lowest BCUT2D eigenvalue weighted by molar-refractivity contribution is 0.255. The maximum Gasteiger partial charge on any atom is 0.0771 e. The van der Waals surface area contributed by atoms with Gasteiger partial charge in [0.25, 0.3) is 0 Å². The summed E-state index contributed by atoms with van der Waals surface area (Å²) in [7, 11) is 0. The molecule has 0 saturated carbocycles. The second kappa shape index (κ2) is 7.29. The van der Waals surface area contributed by atoms with Gasteiger partial charge >= 0.3 is 0 Å². The fourth-order valence-electron chi connectivity index (χ4n) is 2.90. The molecule has 4 heteroatoms. The highest BCUT2D eigenvalue weighted by atomic mass is 15.2. The summed E-state index contributed by atoms with van der Waals surface area (Å²) in [6, 6.07) is 15.2. The van der Waals surface area contributed by atoms with Crippen molar-refractivity contribution >= 4 is 0 Å². The van der Waals surface area contributed by atoms with Crippen LogP contribution in [0.15, 0.2) is 48.7 Å². The Hall–Kier alpha value is -1.78. The zero-order valence-electron chi connectivity index (χ0n) is 12.3. The second-order valence-corrected chi connectivity index (χ2v) is 5.64. The number of nitrogens with zero attached hydrogens (tertiary/aromatic N) is 3. The number of aromatic nitrogens is 2. The first kappa shape index (κ1) is 14.2. The zero-order chi connectivity index (χ0) is 14.3. The Balaban J connectivity index is 1.61. The van der Waals surface area contributed by atoms with Crippen LogP contribution in [0.25, 0.3) is 0 Å². The van der Waals surface area contributed by atoms with Gasteiger partial charge in [0.2, 0.25) is 0 Å². The lowest BCUT2D eigenvalue weighted by Gasteiger charge is -2.24. The molecular formula is C17H22N4. The van der Waals surface area contributed by atoms with Crippen molar-refractivity contribution in [2.24, 2.45) is 0 Å². The average molecular weight is 282 g/mol. The van der Waals surface area contributed by atoms with E-state index in [4.69, 9.17) is 0 Å². The molecule has 4 nitrogen and oxygen atoms in total. The van der Waals surface area contributed by atoms with Crippen LogP contribution in [-0.2, 0) is 13.0 Å². The van der Waals surface area contributed by atoms with Gasteiger partial charge in [0.15, 0.2) is 0 Å². The molecule has 1 aromatic heterocycles. The molecule has 0 bridgehead atoms. The van der Waals surface area contributed by atoms with Gasteiger partial charge in [0, 0.05) is 25.3 Å². The van der Waals surface area contributed by atoms with Crippen molar-refractivity contribution in [3.8, 4) is 0 Å². The molecule has 110 valence electrons. The van der Waals surface area contributed by atoms with Crippen molar-refractivity contribution in [1.82, 2.24) is 20.4 Å². The van der Waals surface area contributed by atoms with Crippen molar-refractivity contribution in [2.45, 2.75) is 25.4 Å². The van der Waals surface area contributed by atoms with E-state index in [0.717, 1.165) is 38.3 Å². The molecule has 1 saturated heterocycles. The summed E-state index contributed by atoms with van der Waals surface area (Å²) < 4.78 is 0. The third-order valence-corrected chi connectivity index (χ3v) is 3.90. The Labute approximate surface area is 126 Å². The first-order chi connectivity index (χ1) is 10.4. The van der Waals surface area contributed by atoms with Gasteiger partial charge in [0.05, 0.1) is 5.69 Å². The summed E-state index contributed by atoms with van der Waals surface area (Å²) in [5.74, 6) is 0. The topological polar surface area (TPSA) is 41.1 Å². The van der Waals surface area contributed by atoms with Crippen molar-refractivity contribution in [3.63, 3.8) is 0 Å². The maximum absolute atomic E-state index is 4.20. The van der Waals surface area contributed by atoms with Gasteiger partial charge in [0.1, 0.15) is 0 Å². The second-order valence-electron chi connectivity index (χ2n) is 5.64. The van der Waals surface area contributed by atoms with Gasteiger partial charge in [-0.25, -0.2) is 0 Å². The van der Waals surface area contributed by atoms with Crippen molar-refractivity contribution in [2.75, 3.05) is 19.6 Å². The monoisotopic (exact) mass is 282 g/mol. The van der Waals surface area contributed by atoms with Gasteiger partial charge in [-0.05, 0) is 43.6 Å². The van der Waals surface area contributed by atoms with Gasteiger partial charge in [-0.2, -0.15) is 10.2 Å². The Morgan fingerprint density at radius 1 is 1.14 bits per heavy atom. The first-order valence-corrected chi connectivity index (χ1v) is 7.66. The molecule has 3 rings (SSSR count). The summed E-state index contributed by atoms with van der Waals surface area (Å²) in [6.45, 7) is 4.16. The van der Waals surface area contributed by atoms with Crippen LogP contribution < -0.4 is 5.32 Å². The third kappa shape index (κ3) is 4.34. The number of benzene rings is 1. The largest absolute Gasteiger partial charge is 0.312 e. The normalized spacial score (nSPS) is 20.1. The van der Waals surface area contributed by atoms with Crippen molar-refractivity contribution < 1.29 is 0 Å². The minimum Gasteiger partial charge on any atom is -0.312 e. The minimum atomic E-state index is 0.506. The third-order valence-electron chi connectivity index (χ3n) is 3.90. The number of hydrogen-bond acceptors (Lipinski definition) is 4. The van der Waals surface area contributed by atoms with Crippen molar-refractivity contribution in [3.05, 3.63) is 59.9 Å². The van der Waals surface area contributed by atoms with E-state index in [0.29, 0.717) is 6.04 Å². The van der Waals surface area contributed by atoms with Crippen LogP contribution in [0.3, 0.4) is 0 Å². The zero-order valence-corrected chi connectivity index (χ0v) is 12.3. The molecule has 1 aliphatic rings. The summed E-state index contributed by atoms with van der Waals surface area (Å²) in [5, 5.41) is 11.8. The van der Waals surface area contributed by atoms with E-state index in [2.05, 4.69) is 56.8 Å². The molecule has 0 radical (unpaired) electrons. The van der Waals surface area contributed by atoms with E-state index in [1.807, 2.05) is 6.07 Å². The molecule has 1 aliphatic heterocycles. The van der Waals surface area contributed by atoms with Crippen LogP contribution >= 0.6 is 0 Å². The van der Waals surface area contributed by atoms with E-state index in [1.165, 1.54) is 12.0 Å². The predicted molar refractivity (Wildman–Crippen MR) is 83.9 cm³/mol. The summed E-state index contributed by atoms with van der Waals surface area (Å²) >= 11 is 0. The molecule has 0 amide bonds. The standard InChI is InChI=1S/C17H22N4/c1-2-6-15(7-3-1)12-17-14-21(11-5-9-18-17)13-16-8-4-10-19-20-16/h1-4,6-8,10,17-18H,5,9,11-14H2. The number of nitrogens with one attached hydrogen (secondary N) is 1. The maximum atomic E-state index is 4.20. The van der Waals surface area contributed by atoms with Gasteiger partial charge in [-0.1, -0.05) is 30.3 Å². The fraction of sp³-hybridized carbons (Fsp3) is 0.412. The molecule has 0 aliphatic carbocycles. The Morgan fingerprint density at radius 3 is 2.86 bits per heavy atom. The smallest absolute Gasteiger partial charge is 0.0771 e. The highest BCUT2D eigenvalue weighted by molar-refractivity contribution is 5.16. The molecule has 21 heavy (non-hydrogen) atoms. The van der Waals surface area contributed by atoms with E-state index in [1.54, 1.807) is 6.20 Å². The van der Waals surface area contributed by atoms with Crippen LogP contribution in [0.5, 0.6) is 0 Å². The predicted octanol–water partition coefficient (Wildman–Crippen LogP) is 1.88. The van der Waals surface area contributed by atoms with Crippen LogP contribution in [-0.4, -0.2) is 40.8 Å². The lowest BCUT2D eigenvalue weighted by Crippen LogP contribution is -2.39. The quantitative estimate of drug-likeness (QED) is 0.929. The average Bonchev–Trinajstić information content (AvgIpc) is 2.74.